The van der Waals surface area contributed by atoms with Crippen molar-refractivity contribution in [1.29, 1.82) is 0 Å². The highest BCUT2D eigenvalue weighted by Gasteiger charge is 2.18. The Labute approximate surface area is 137 Å². The number of ether oxygens (including phenoxy) is 1. The number of hydrogen-bond donors (Lipinski definition) is 1. The van der Waals surface area contributed by atoms with Crippen LogP contribution in [-0.4, -0.2) is 13.7 Å². The summed E-state index contributed by atoms with van der Waals surface area (Å²) in [5.41, 5.74) is 1.78. The molecule has 0 spiro atoms. The Morgan fingerprint density at radius 1 is 1.29 bits per heavy atom. The van der Waals surface area contributed by atoms with Crippen LogP contribution in [0.2, 0.25) is 5.02 Å². The van der Waals surface area contributed by atoms with Gasteiger partial charge < -0.3 is 10.1 Å². The van der Waals surface area contributed by atoms with Crippen LogP contribution in [0.4, 0.5) is 4.39 Å². The van der Waals surface area contributed by atoms with Gasteiger partial charge in [0.2, 0.25) is 0 Å². The second-order valence-corrected chi connectivity index (χ2v) is 5.84. The van der Waals surface area contributed by atoms with Crippen molar-refractivity contribution in [3.63, 3.8) is 0 Å². The fourth-order valence-corrected chi connectivity index (χ4v) is 2.87. The monoisotopic (exact) mass is 371 g/mol. The number of nitrogens with one attached hydrogen (secondary N) is 1. The average Bonchev–Trinajstić information content (AvgIpc) is 2.47. The molecule has 2 rings (SSSR count). The van der Waals surface area contributed by atoms with Gasteiger partial charge in [-0.25, -0.2) is 4.39 Å². The number of rotatable bonds is 5. The lowest BCUT2D eigenvalue weighted by molar-refractivity contribution is 0.385. The third-order valence-corrected chi connectivity index (χ3v) is 4.14. The molecule has 0 aromatic heterocycles. The highest BCUT2D eigenvalue weighted by Crippen LogP contribution is 2.32. The van der Waals surface area contributed by atoms with E-state index in [1.54, 1.807) is 6.07 Å². The molecule has 0 bridgehead atoms. The summed E-state index contributed by atoms with van der Waals surface area (Å²) in [4.78, 5) is 0. The van der Waals surface area contributed by atoms with Crippen molar-refractivity contribution < 1.29 is 9.13 Å². The van der Waals surface area contributed by atoms with Crippen LogP contribution < -0.4 is 10.1 Å². The SMILES string of the molecule is CCNC(c1ccc(OC)c(F)c1)c1cc(Cl)ccc1Br. The molecule has 1 atom stereocenters. The van der Waals surface area contributed by atoms with E-state index in [2.05, 4.69) is 21.2 Å². The molecule has 1 N–H and O–H groups in total. The van der Waals surface area contributed by atoms with Crippen LogP contribution in [0.5, 0.6) is 5.75 Å². The van der Waals surface area contributed by atoms with E-state index in [-0.39, 0.29) is 17.6 Å². The zero-order valence-electron chi connectivity index (χ0n) is 11.8. The molecule has 0 saturated carbocycles. The molecule has 1 unspecified atom stereocenters. The van der Waals surface area contributed by atoms with Gasteiger partial charge in [-0.1, -0.05) is 40.5 Å². The molecule has 0 aliphatic heterocycles. The number of hydrogen-bond acceptors (Lipinski definition) is 2. The summed E-state index contributed by atoms with van der Waals surface area (Å²) in [5, 5.41) is 4.00. The number of halogens is 3. The van der Waals surface area contributed by atoms with Gasteiger partial charge in [0.25, 0.3) is 0 Å². The molecule has 0 saturated heterocycles. The van der Waals surface area contributed by atoms with Gasteiger partial charge in [-0.05, 0) is 48.0 Å². The molecule has 0 aliphatic carbocycles. The van der Waals surface area contributed by atoms with Crippen LogP contribution in [-0.2, 0) is 0 Å². The van der Waals surface area contributed by atoms with Crippen LogP contribution in [0.3, 0.4) is 0 Å². The summed E-state index contributed by atoms with van der Waals surface area (Å²) < 4.78 is 19.8. The van der Waals surface area contributed by atoms with Crippen molar-refractivity contribution in [3.8, 4) is 5.75 Å². The van der Waals surface area contributed by atoms with E-state index in [9.17, 15) is 4.39 Å². The van der Waals surface area contributed by atoms with E-state index in [4.69, 9.17) is 16.3 Å². The van der Waals surface area contributed by atoms with Crippen LogP contribution in [0, 0.1) is 5.82 Å². The topological polar surface area (TPSA) is 21.3 Å². The lowest BCUT2D eigenvalue weighted by atomic mass is 9.98. The Hall–Kier alpha value is -1.10. The Bertz CT molecular complexity index is 636. The number of methoxy groups -OCH3 is 1. The predicted octanol–water partition coefficient (Wildman–Crippen LogP) is 4.95. The van der Waals surface area contributed by atoms with Gasteiger partial charge in [0.05, 0.1) is 13.2 Å². The van der Waals surface area contributed by atoms with Gasteiger partial charge in [0, 0.05) is 9.50 Å². The maximum atomic E-state index is 14.0. The van der Waals surface area contributed by atoms with E-state index in [1.807, 2.05) is 31.2 Å². The quantitative estimate of drug-likeness (QED) is 0.802. The van der Waals surface area contributed by atoms with Gasteiger partial charge in [0.1, 0.15) is 0 Å². The lowest BCUT2D eigenvalue weighted by Gasteiger charge is -2.21. The molecule has 2 nitrogen and oxygen atoms in total. The minimum absolute atomic E-state index is 0.150. The van der Waals surface area contributed by atoms with Crippen molar-refractivity contribution in [2.45, 2.75) is 13.0 Å². The first-order valence-corrected chi connectivity index (χ1v) is 7.75. The fourth-order valence-electron chi connectivity index (χ4n) is 2.21. The average molecular weight is 373 g/mol. The smallest absolute Gasteiger partial charge is 0.165 e. The molecule has 2 aromatic rings. The van der Waals surface area contributed by atoms with Gasteiger partial charge in [-0.15, -0.1) is 0 Å². The Kier molecular flexibility index (Phi) is 5.62. The molecule has 0 fully saturated rings. The summed E-state index contributed by atoms with van der Waals surface area (Å²) in [5.74, 6) is -0.143. The van der Waals surface area contributed by atoms with Gasteiger partial charge in [-0.2, -0.15) is 0 Å². The van der Waals surface area contributed by atoms with Gasteiger partial charge in [-0.3, -0.25) is 0 Å². The molecule has 0 amide bonds. The van der Waals surface area contributed by atoms with E-state index in [0.717, 1.165) is 22.1 Å². The summed E-state index contributed by atoms with van der Waals surface area (Å²) in [6, 6.07) is 10.4. The first kappa shape index (κ1) is 16.3. The maximum Gasteiger partial charge on any atom is 0.165 e. The third kappa shape index (κ3) is 3.76. The molecule has 5 heteroatoms. The molecule has 2 aromatic carbocycles. The summed E-state index contributed by atoms with van der Waals surface area (Å²) in [7, 11) is 1.45. The highest BCUT2D eigenvalue weighted by molar-refractivity contribution is 9.10. The summed E-state index contributed by atoms with van der Waals surface area (Å²) >= 11 is 9.61. The van der Waals surface area contributed by atoms with E-state index in [0.29, 0.717) is 5.02 Å². The van der Waals surface area contributed by atoms with Crippen LogP contribution in [0.25, 0.3) is 0 Å². The summed E-state index contributed by atoms with van der Waals surface area (Å²) in [6.45, 7) is 2.75. The third-order valence-electron chi connectivity index (χ3n) is 3.19. The van der Waals surface area contributed by atoms with E-state index < -0.39 is 0 Å². The minimum Gasteiger partial charge on any atom is -0.494 e. The van der Waals surface area contributed by atoms with E-state index in [1.165, 1.54) is 13.2 Å². The zero-order valence-corrected chi connectivity index (χ0v) is 14.1. The number of benzene rings is 2. The largest absolute Gasteiger partial charge is 0.494 e. The second-order valence-electron chi connectivity index (χ2n) is 4.55. The molecule has 112 valence electrons. The Morgan fingerprint density at radius 3 is 2.67 bits per heavy atom. The molecular weight excluding hydrogens is 357 g/mol. The Morgan fingerprint density at radius 2 is 2.05 bits per heavy atom. The first-order valence-electron chi connectivity index (χ1n) is 6.58. The zero-order chi connectivity index (χ0) is 15.4. The van der Waals surface area contributed by atoms with Crippen LogP contribution in [0.15, 0.2) is 40.9 Å². The second kappa shape index (κ2) is 7.25. The normalized spacial score (nSPS) is 12.2. The van der Waals surface area contributed by atoms with Crippen molar-refractivity contribution in [2.24, 2.45) is 0 Å². The molecule has 0 radical (unpaired) electrons. The molecule has 21 heavy (non-hydrogen) atoms. The Balaban J connectivity index is 2.48. The van der Waals surface area contributed by atoms with E-state index >= 15 is 0 Å². The molecular formula is C16H16BrClFNO. The standard InChI is InChI=1S/C16H16BrClFNO/c1-3-20-16(12-9-11(18)5-6-13(12)17)10-4-7-15(21-2)14(19)8-10/h4-9,16,20H,3H2,1-2H3. The maximum absolute atomic E-state index is 14.0. The first-order chi connectivity index (χ1) is 10.1. The van der Waals surface area contributed by atoms with Crippen molar-refractivity contribution in [1.82, 2.24) is 5.32 Å². The van der Waals surface area contributed by atoms with Crippen molar-refractivity contribution in [3.05, 3.63) is 62.8 Å². The van der Waals surface area contributed by atoms with Crippen LogP contribution >= 0.6 is 27.5 Å². The highest BCUT2D eigenvalue weighted by atomic mass is 79.9. The van der Waals surface area contributed by atoms with Crippen molar-refractivity contribution in [2.75, 3.05) is 13.7 Å². The lowest BCUT2D eigenvalue weighted by Crippen LogP contribution is -2.22. The minimum atomic E-state index is -0.379. The predicted molar refractivity (Wildman–Crippen MR) is 87.6 cm³/mol. The fraction of sp³-hybridized carbons (Fsp3) is 0.250. The molecule has 0 heterocycles. The molecule has 0 aliphatic rings. The summed E-state index contributed by atoms with van der Waals surface area (Å²) in [6.07, 6.45) is 0. The van der Waals surface area contributed by atoms with Crippen molar-refractivity contribution >= 4 is 27.5 Å². The van der Waals surface area contributed by atoms with Crippen LogP contribution in [0.1, 0.15) is 24.1 Å². The van der Waals surface area contributed by atoms with Gasteiger partial charge in [0.15, 0.2) is 11.6 Å². The van der Waals surface area contributed by atoms with Gasteiger partial charge >= 0.3 is 0 Å².